The number of hydrogen-bond donors (Lipinski definition) is 1. The van der Waals surface area contributed by atoms with E-state index in [9.17, 15) is 4.79 Å². The molecule has 0 spiro atoms. The molecule has 1 aromatic rings. The molecule has 4 heteroatoms. The summed E-state index contributed by atoms with van der Waals surface area (Å²) in [6.45, 7) is 6.89. The Morgan fingerprint density at radius 2 is 2.12 bits per heavy atom. The molecule has 0 aromatic carbocycles. The fourth-order valence-corrected chi connectivity index (χ4v) is 1.38. The molecule has 0 saturated heterocycles. The molecule has 94 valence electrons. The van der Waals surface area contributed by atoms with Crippen molar-refractivity contribution in [1.82, 2.24) is 10.3 Å². The summed E-state index contributed by atoms with van der Waals surface area (Å²) in [5.41, 5.74) is 0.632. The van der Waals surface area contributed by atoms with Gasteiger partial charge in [-0.3, -0.25) is 9.78 Å². The number of nitrogens with one attached hydrogen (secondary N) is 1. The zero-order valence-electron chi connectivity index (χ0n) is 10.9. The maximum absolute atomic E-state index is 11.9. The van der Waals surface area contributed by atoms with Crippen molar-refractivity contribution in [2.75, 3.05) is 13.7 Å². The van der Waals surface area contributed by atoms with E-state index in [-0.39, 0.29) is 11.3 Å². The smallest absolute Gasteiger partial charge is 0.165 e. The van der Waals surface area contributed by atoms with Crippen LogP contribution in [0.5, 0.6) is 5.75 Å². The van der Waals surface area contributed by atoms with Crippen LogP contribution in [-0.2, 0) is 0 Å². The largest absolute Gasteiger partial charge is 0.495 e. The number of hydrogen-bond acceptors (Lipinski definition) is 4. The fraction of sp³-hybridized carbons (Fsp3) is 0.538. The van der Waals surface area contributed by atoms with Crippen LogP contribution in [0.15, 0.2) is 18.5 Å². The first kappa shape index (κ1) is 13.6. The summed E-state index contributed by atoms with van der Waals surface area (Å²) >= 11 is 0. The van der Waals surface area contributed by atoms with E-state index in [0.29, 0.717) is 24.3 Å². The zero-order chi connectivity index (χ0) is 12.9. The third-order valence-corrected chi connectivity index (χ3v) is 2.28. The van der Waals surface area contributed by atoms with Gasteiger partial charge in [0.25, 0.3) is 0 Å². The average Bonchev–Trinajstić information content (AvgIpc) is 2.27. The minimum atomic E-state index is 0.0346. The molecule has 1 N–H and O–H groups in total. The Balaban J connectivity index is 2.52. The molecule has 4 nitrogen and oxygen atoms in total. The van der Waals surface area contributed by atoms with Crippen LogP contribution in [0.4, 0.5) is 0 Å². The fourth-order valence-electron chi connectivity index (χ4n) is 1.38. The number of ether oxygens (including phenoxy) is 1. The van der Waals surface area contributed by atoms with E-state index >= 15 is 0 Å². The Kier molecular flexibility index (Phi) is 4.63. The van der Waals surface area contributed by atoms with E-state index in [1.165, 1.54) is 0 Å². The summed E-state index contributed by atoms with van der Waals surface area (Å²) in [6, 6.07) is 1.71. The average molecular weight is 236 g/mol. The molecule has 0 aliphatic rings. The SMILES string of the molecule is COc1cncc(C(=O)CCNC(C)(C)C)c1. The number of nitrogens with zero attached hydrogens (tertiary/aromatic N) is 1. The Bertz CT molecular complexity index is 383. The second-order valence-corrected chi connectivity index (χ2v) is 4.96. The molecule has 0 fully saturated rings. The summed E-state index contributed by atoms with van der Waals surface area (Å²) in [5, 5.41) is 3.28. The van der Waals surface area contributed by atoms with Crippen molar-refractivity contribution in [3.05, 3.63) is 24.0 Å². The summed E-state index contributed by atoms with van der Waals surface area (Å²) in [5.74, 6) is 0.688. The second-order valence-electron chi connectivity index (χ2n) is 4.96. The van der Waals surface area contributed by atoms with Crippen LogP contribution in [0.25, 0.3) is 0 Å². The molecule has 1 heterocycles. The topological polar surface area (TPSA) is 51.2 Å². The van der Waals surface area contributed by atoms with E-state index in [0.717, 1.165) is 0 Å². The third kappa shape index (κ3) is 4.95. The highest BCUT2D eigenvalue weighted by atomic mass is 16.5. The van der Waals surface area contributed by atoms with Gasteiger partial charge in [-0.05, 0) is 26.8 Å². The lowest BCUT2D eigenvalue weighted by molar-refractivity contribution is 0.0980. The van der Waals surface area contributed by atoms with Crippen molar-refractivity contribution < 1.29 is 9.53 Å². The predicted molar refractivity (Wildman–Crippen MR) is 67.5 cm³/mol. The summed E-state index contributed by atoms with van der Waals surface area (Å²) in [6.07, 6.45) is 3.62. The van der Waals surface area contributed by atoms with Crippen molar-refractivity contribution in [3.63, 3.8) is 0 Å². The molecular weight excluding hydrogens is 216 g/mol. The number of Topliss-reactive ketones (excluding diaryl/α,β-unsaturated/α-hetero) is 1. The number of aromatic nitrogens is 1. The molecule has 0 radical (unpaired) electrons. The Hall–Kier alpha value is -1.42. The minimum absolute atomic E-state index is 0.0346. The van der Waals surface area contributed by atoms with Gasteiger partial charge >= 0.3 is 0 Å². The monoisotopic (exact) mass is 236 g/mol. The number of methoxy groups -OCH3 is 1. The summed E-state index contributed by atoms with van der Waals surface area (Å²) in [7, 11) is 1.56. The van der Waals surface area contributed by atoms with Crippen LogP contribution in [0.1, 0.15) is 37.6 Å². The first-order chi connectivity index (χ1) is 7.92. The van der Waals surface area contributed by atoms with Crippen LogP contribution in [-0.4, -0.2) is 30.0 Å². The van der Waals surface area contributed by atoms with E-state index in [2.05, 4.69) is 31.1 Å². The number of pyridine rings is 1. The van der Waals surface area contributed by atoms with Gasteiger partial charge in [-0.2, -0.15) is 0 Å². The van der Waals surface area contributed by atoms with Gasteiger partial charge < -0.3 is 10.1 Å². The van der Waals surface area contributed by atoms with Gasteiger partial charge in [-0.1, -0.05) is 0 Å². The van der Waals surface area contributed by atoms with Crippen molar-refractivity contribution in [1.29, 1.82) is 0 Å². The predicted octanol–water partition coefficient (Wildman–Crippen LogP) is 2.05. The van der Waals surface area contributed by atoms with E-state index in [1.807, 2.05) is 0 Å². The molecule has 0 bridgehead atoms. The quantitative estimate of drug-likeness (QED) is 0.795. The lowest BCUT2D eigenvalue weighted by atomic mass is 10.1. The van der Waals surface area contributed by atoms with Crippen molar-refractivity contribution >= 4 is 5.78 Å². The molecule has 0 aliphatic heterocycles. The first-order valence-corrected chi connectivity index (χ1v) is 5.69. The Labute approximate surface area is 102 Å². The number of carbonyl (C=O) groups excluding carboxylic acids is 1. The maximum atomic E-state index is 11.9. The highest BCUT2D eigenvalue weighted by Gasteiger charge is 2.11. The van der Waals surface area contributed by atoms with Crippen LogP contribution < -0.4 is 10.1 Å². The van der Waals surface area contributed by atoms with Crippen molar-refractivity contribution in [2.24, 2.45) is 0 Å². The second kappa shape index (κ2) is 5.77. The number of ketones is 1. The van der Waals surface area contributed by atoms with Gasteiger partial charge in [0.15, 0.2) is 5.78 Å². The van der Waals surface area contributed by atoms with Crippen LogP contribution in [0.3, 0.4) is 0 Å². The first-order valence-electron chi connectivity index (χ1n) is 5.69. The highest BCUT2D eigenvalue weighted by Crippen LogP contribution is 2.12. The van der Waals surface area contributed by atoms with Gasteiger partial charge in [-0.25, -0.2) is 0 Å². The number of rotatable bonds is 5. The maximum Gasteiger partial charge on any atom is 0.165 e. The molecule has 0 amide bonds. The van der Waals surface area contributed by atoms with Crippen LogP contribution in [0, 0.1) is 0 Å². The Morgan fingerprint density at radius 1 is 1.41 bits per heavy atom. The highest BCUT2D eigenvalue weighted by molar-refractivity contribution is 5.96. The molecule has 17 heavy (non-hydrogen) atoms. The lowest BCUT2D eigenvalue weighted by Gasteiger charge is -2.20. The molecule has 1 aromatic heterocycles. The van der Waals surface area contributed by atoms with E-state index in [1.54, 1.807) is 25.6 Å². The van der Waals surface area contributed by atoms with Gasteiger partial charge in [-0.15, -0.1) is 0 Å². The minimum Gasteiger partial charge on any atom is -0.495 e. The molecule has 0 saturated carbocycles. The van der Waals surface area contributed by atoms with Gasteiger partial charge in [0.1, 0.15) is 5.75 Å². The third-order valence-electron chi connectivity index (χ3n) is 2.28. The molecule has 0 atom stereocenters. The lowest BCUT2D eigenvalue weighted by Crippen LogP contribution is -2.37. The normalized spacial score (nSPS) is 11.3. The van der Waals surface area contributed by atoms with Crippen molar-refractivity contribution in [2.45, 2.75) is 32.7 Å². The van der Waals surface area contributed by atoms with E-state index < -0.39 is 0 Å². The standard InChI is InChI=1S/C13H20N2O2/c1-13(2,3)15-6-5-12(16)10-7-11(17-4)9-14-8-10/h7-9,15H,5-6H2,1-4H3. The molecule has 0 unspecified atom stereocenters. The van der Waals surface area contributed by atoms with Crippen LogP contribution in [0.2, 0.25) is 0 Å². The number of carbonyl (C=O) groups is 1. The van der Waals surface area contributed by atoms with Crippen molar-refractivity contribution in [3.8, 4) is 5.75 Å². The Morgan fingerprint density at radius 3 is 2.71 bits per heavy atom. The molecular formula is C13H20N2O2. The molecule has 0 aliphatic carbocycles. The zero-order valence-corrected chi connectivity index (χ0v) is 10.9. The molecule has 1 rings (SSSR count). The van der Waals surface area contributed by atoms with Gasteiger partial charge in [0.2, 0.25) is 0 Å². The van der Waals surface area contributed by atoms with E-state index in [4.69, 9.17) is 4.74 Å². The van der Waals surface area contributed by atoms with Gasteiger partial charge in [0.05, 0.1) is 13.3 Å². The summed E-state index contributed by atoms with van der Waals surface area (Å²) in [4.78, 5) is 15.8. The summed E-state index contributed by atoms with van der Waals surface area (Å²) < 4.78 is 5.03. The van der Waals surface area contributed by atoms with Crippen LogP contribution >= 0.6 is 0 Å². The van der Waals surface area contributed by atoms with Gasteiger partial charge in [0, 0.05) is 30.3 Å².